The van der Waals surface area contributed by atoms with Gasteiger partial charge in [-0.25, -0.2) is 17.1 Å². The second kappa shape index (κ2) is 10.2. The van der Waals surface area contributed by atoms with Gasteiger partial charge < -0.3 is 9.64 Å². The van der Waals surface area contributed by atoms with E-state index in [1.54, 1.807) is 23.1 Å². The van der Waals surface area contributed by atoms with Gasteiger partial charge in [0.25, 0.3) is 5.91 Å². The molecule has 35 heavy (non-hydrogen) atoms. The van der Waals surface area contributed by atoms with Crippen molar-refractivity contribution in [3.05, 3.63) is 57.3 Å². The first-order chi connectivity index (χ1) is 16.4. The molecule has 0 atom stereocenters. The molecule has 2 heterocycles. The number of hydrogen-bond acceptors (Lipinski definition) is 4. The van der Waals surface area contributed by atoms with Gasteiger partial charge in [0.05, 0.1) is 21.9 Å². The van der Waals surface area contributed by atoms with Gasteiger partial charge in [-0.05, 0) is 60.4 Å². The molecule has 0 unspecified atom stereocenters. The van der Waals surface area contributed by atoms with Crippen LogP contribution in [0.3, 0.4) is 0 Å². The van der Waals surface area contributed by atoms with Gasteiger partial charge in [-0.15, -0.1) is 0 Å². The molecule has 2 aliphatic rings. The van der Waals surface area contributed by atoms with Gasteiger partial charge in [0.1, 0.15) is 11.6 Å². The van der Waals surface area contributed by atoms with Gasteiger partial charge in [-0.1, -0.05) is 37.0 Å². The Kier molecular flexibility index (Phi) is 7.67. The molecule has 0 aromatic heterocycles. The van der Waals surface area contributed by atoms with E-state index in [0.29, 0.717) is 38.0 Å². The maximum Gasteiger partial charge on any atom is 0.255 e. The van der Waals surface area contributed by atoms with Crippen molar-refractivity contribution in [1.82, 2.24) is 9.21 Å². The Hall–Kier alpha value is -1.87. The summed E-state index contributed by atoms with van der Waals surface area (Å²) >= 11 is 12.9. The molecule has 4 rings (SSSR count). The lowest BCUT2D eigenvalue weighted by Crippen LogP contribution is -2.54. The number of rotatable bonds is 6. The topological polar surface area (TPSA) is 66.9 Å². The van der Waals surface area contributed by atoms with Crippen molar-refractivity contribution in [2.75, 3.05) is 32.4 Å². The Labute approximate surface area is 216 Å². The van der Waals surface area contributed by atoms with Gasteiger partial charge in [0.2, 0.25) is 10.0 Å². The Bertz CT molecular complexity index is 1220. The summed E-state index contributed by atoms with van der Waals surface area (Å²) in [6, 6.07) is 7.56. The number of piperidine rings is 1. The first-order valence-electron chi connectivity index (χ1n) is 11.6. The summed E-state index contributed by atoms with van der Waals surface area (Å²) in [5, 5.41) is 0.309. The quantitative estimate of drug-likeness (QED) is 0.463. The highest BCUT2D eigenvalue weighted by molar-refractivity contribution is 7.88. The highest BCUT2D eigenvalue weighted by Gasteiger charge is 2.39. The van der Waals surface area contributed by atoms with E-state index in [4.69, 9.17) is 27.9 Å². The minimum atomic E-state index is -3.13. The number of carbonyl (C=O) groups is 1. The molecule has 2 aromatic carbocycles. The zero-order chi connectivity index (χ0) is 25.5. The number of hydrogen-bond donors (Lipinski definition) is 0. The highest BCUT2D eigenvalue weighted by Crippen LogP contribution is 2.40. The van der Waals surface area contributed by atoms with Crippen LogP contribution in [-0.4, -0.2) is 56.0 Å². The predicted molar refractivity (Wildman–Crippen MR) is 136 cm³/mol. The second-order valence-corrected chi connectivity index (χ2v) is 12.5. The van der Waals surface area contributed by atoms with Gasteiger partial charge in [-0.3, -0.25) is 4.79 Å². The molecule has 2 aliphatic heterocycles. The number of ether oxygens (including phenoxy) is 1. The van der Waals surface area contributed by atoms with Crippen LogP contribution in [0.4, 0.5) is 4.39 Å². The fourth-order valence-electron chi connectivity index (χ4n) is 4.67. The van der Waals surface area contributed by atoms with Crippen LogP contribution in [0.5, 0.6) is 11.5 Å². The van der Waals surface area contributed by atoms with Crippen LogP contribution >= 0.6 is 23.2 Å². The number of sulfonamides is 1. The lowest BCUT2D eigenvalue weighted by Gasteiger charge is -2.44. The molecule has 6 nitrogen and oxygen atoms in total. The minimum Gasteiger partial charge on any atom is -0.454 e. The monoisotopic (exact) mass is 542 g/mol. The lowest BCUT2D eigenvalue weighted by molar-refractivity contribution is 0.0547. The molecule has 0 N–H and O–H groups in total. The van der Waals surface area contributed by atoms with Crippen LogP contribution in [0.1, 0.15) is 48.5 Å². The fourth-order valence-corrected chi connectivity index (χ4v) is 6.12. The third-order valence-corrected chi connectivity index (χ3v) is 8.81. The highest BCUT2D eigenvalue weighted by atomic mass is 35.5. The molecular formula is C25H29Cl2FN2O4S. The molecule has 0 radical (unpaired) electrons. The standard InChI is InChI=1S/C25H29Cl2FN2O4S/c1-15(2)17-10-19(28)12-20(11-17)34-24-22(26)5-4-21(23(24)27)25(31)29-8-6-16(7-9-29)18-13-30(14-18)35(3,32)33/h4-5,10-12,15-16,18H,6-9,13-14H2,1-3H3. The van der Waals surface area contributed by atoms with Crippen LogP contribution in [-0.2, 0) is 10.0 Å². The first-order valence-corrected chi connectivity index (χ1v) is 14.2. The molecule has 2 aromatic rings. The normalized spacial score (nSPS) is 18.1. The van der Waals surface area contributed by atoms with E-state index < -0.39 is 15.8 Å². The lowest BCUT2D eigenvalue weighted by atomic mass is 9.81. The van der Waals surface area contributed by atoms with Gasteiger partial charge in [0.15, 0.2) is 5.75 Å². The number of carbonyl (C=O) groups excluding carboxylic acids is 1. The van der Waals surface area contributed by atoms with Crippen molar-refractivity contribution in [2.45, 2.75) is 32.6 Å². The fraction of sp³-hybridized carbons (Fsp3) is 0.480. The van der Waals surface area contributed by atoms with Crippen molar-refractivity contribution in [3.63, 3.8) is 0 Å². The SMILES string of the molecule is CC(C)c1cc(F)cc(Oc2c(Cl)ccc(C(=O)N3CCC(C4CN(S(C)(=O)=O)C4)CC3)c2Cl)c1. The van der Waals surface area contributed by atoms with Gasteiger partial charge in [0, 0.05) is 32.2 Å². The van der Waals surface area contributed by atoms with Gasteiger partial charge >= 0.3 is 0 Å². The molecule has 190 valence electrons. The van der Waals surface area contributed by atoms with Crippen LogP contribution in [0.2, 0.25) is 10.0 Å². The van der Waals surface area contributed by atoms with Crippen molar-refractivity contribution < 1.29 is 22.3 Å². The average molecular weight is 543 g/mol. The number of amides is 1. The Morgan fingerprint density at radius 3 is 2.34 bits per heavy atom. The Morgan fingerprint density at radius 1 is 1.09 bits per heavy atom. The average Bonchev–Trinajstić information content (AvgIpc) is 2.74. The largest absolute Gasteiger partial charge is 0.454 e. The second-order valence-electron chi connectivity index (χ2n) is 9.68. The molecule has 2 saturated heterocycles. The minimum absolute atomic E-state index is 0.0859. The zero-order valence-corrected chi connectivity index (χ0v) is 22.3. The number of benzene rings is 2. The molecule has 0 saturated carbocycles. The van der Waals surface area contributed by atoms with Crippen molar-refractivity contribution in [2.24, 2.45) is 11.8 Å². The van der Waals surface area contributed by atoms with Gasteiger partial charge in [-0.2, -0.15) is 0 Å². The van der Waals surface area contributed by atoms with Crippen LogP contribution < -0.4 is 4.74 Å². The summed E-state index contributed by atoms with van der Waals surface area (Å²) < 4.78 is 44.7. The number of likely N-dealkylation sites (tertiary alicyclic amines) is 1. The predicted octanol–water partition coefficient (Wildman–Crippen LogP) is 5.79. The van der Waals surface area contributed by atoms with Crippen molar-refractivity contribution in [1.29, 1.82) is 0 Å². The number of halogens is 3. The van der Waals surface area contributed by atoms with Crippen LogP contribution in [0.25, 0.3) is 0 Å². The van der Waals surface area contributed by atoms with Crippen LogP contribution in [0, 0.1) is 17.7 Å². The van der Waals surface area contributed by atoms with E-state index >= 15 is 0 Å². The third-order valence-electron chi connectivity index (χ3n) is 6.90. The number of nitrogens with zero attached hydrogens (tertiary/aromatic N) is 2. The molecule has 1 amide bonds. The summed E-state index contributed by atoms with van der Waals surface area (Å²) in [5.41, 5.74) is 1.05. The van der Waals surface area contributed by atoms with Crippen molar-refractivity contribution in [3.8, 4) is 11.5 Å². The Morgan fingerprint density at radius 2 is 1.74 bits per heavy atom. The summed E-state index contributed by atoms with van der Waals surface area (Å²) in [6.45, 7) is 6.14. The molecule has 10 heteroatoms. The van der Waals surface area contributed by atoms with Crippen molar-refractivity contribution >= 4 is 39.1 Å². The van der Waals surface area contributed by atoms with Crippen LogP contribution in [0.15, 0.2) is 30.3 Å². The maximum absolute atomic E-state index is 14.1. The van der Waals surface area contributed by atoms with E-state index in [9.17, 15) is 17.6 Å². The Balaban J connectivity index is 1.45. The van der Waals surface area contributed by atoms with E-state index in [2.05, 4.69) is 0 Å². The first kappa shape index (κ1) is 26.2. The van der Waals surface area contributed by atoms with E-state index in [1.807, 2.05) is 13.8 Å². The van der Waals surface area contributed by atoms with E-state index in [0.717, 1.165) is 18.4 Å². The molecule has 0 spiro atoms. The maximum atomic E-state index is 14.1. The summed E-state index contributed by atoms with van der Waals surface area (Å²) in [7, 11) is -3.13. The van der Waals surface area contributed by atoms with E-state index in [1.165, 1.54) is 22.7 Å². The zero-order valence-electron chi connectivity index (χ0n) is 19.9. The summed E-state index contributed by atoms with van der Waals surface area (Å²) in [5.74, 6) is 0.548. The summed E-state index contributed by atoms with van der Waals surface area (Å²) in [4.78, 5) is 15.0. The molecule has 0 aliphatic carbocycles. The van der Waals surface area contributed by atoms with E-state index in [-0.39, 0.29) is 38.9 Å². The molecular weight excluding hydrogens is 514 g/mol. The molecule has 2 fully saturated rings. The smallest absolute Gasteiger partial charge is 0.255 e. The summed E-state index contributed by atoms with van der Waals surface area (Å²) in [6.07, 6.45) is 2.85. The molecule has 0 bridgehead atoms. The third kappa shape index (κ3) is 5.77.